The maximum atomic E-state index is 10.8. The maximum Gasteiger partial charge on any atom is 0.219 e. The van der Waals surface area contributed by atoms with E-state index < -0.39 is 5.91 Å². The van der Waals surface area contributed by atoms with Gasteiger partial charge in [0.25, 0.3) is 0 Å². The molecule has 0 radical (unpaired) electrons. The second kappa shape index (κ2) is 5.46. The highest BCUT2D eigenvalue weighted by Gasteiger charge is 2.11. The first kappa shape index (κ1) is 12.3. The highest BCUT2D eigenvalue weighted by Crippen LogP contribution is 2.13. The third-order valence-electron chi connectivity index (χ3n) is 2.69. The molecule has 0 spiro atoms. The minimum Gasteiger partial charge on any atom is -0.370 e. The number of hydrogen-bond donors (Lipinski definition) is 2. The van der Waals surface area contributed by atoms with Crippen LogP contribution in [0.4, 0.5) is 0 Å². The Bertz CT molecular complexity index is 521. The molecule has 1 amide bonds. The van der Waals surface area contributed by atoms with Crippen molar-refractivity contribution in [2.45, 2.75) is 19.0 Å². The SMILES string of the molecule is NC(=O)C[C@H](N)c1cnn(Cc2ccccc2)c1. The van der Waals surface area contributed by atoms with Gasteiger partial charge in [0.1, 0.15) is 0 Å². The van der Waals surface area contributed by atoms with Crippen LogP contribution in [-0.4, -0.2) is 15.7 Å². The van der Waals surface area contributed by atoms with E-state index in [1.165, 1.54) is 0 Å². The zero-order chi connectivity index (χ0) is 13.0. The van der Waals surface area contributed by atoms with Gasteiger partial charge in [-0.25, -0.2) is 0 Å². The molecule has 5 nitrogen and oxygen atoms in total. The van der Waals surface area contributed by atoms with Gasteiger partial charge in [-0.15, -0.1) is 0 Å². The zero-order valence-electron chi connectivity index (χ0n) is 9.99. The van der Waals surface area contributed by atoms with Crippen molar-refractivity contribution < 1.29 is 4.79 Å². The van der Waals surface area contributed by atoms with Gasteiger partial charge in [0, 0.05) is 24.2 Å². The summed E-state index contributed by atoms with van der Waals surface area (Å²) in [4.78, 5) is 10.8. The molecule has 2 rings (SSSR count). The smallest absolute Gasteiger partial charge is 0.219 e. The molecular weight excluding hydrogens is 228 g/mol. The van der Waals surface area contributed by atoms with E-state index in [0.717, 1.165) is 11.1 Å². The van der Waals surface area contributed by atoms with Crippen LogP contribution in [0.25, 0.3) is 0 Å². The lowest BCUT2D eigenvalue weighted by atomic mass is 10.1. The molecule has 0 aliphatic carbocycles. The third kappa shape index (κ3) is 3.18. The summed E-state index contributed by atoms with van der Waals surface area (Å²) in [6, 6.07) is 9.62. The Balaban J connectivity index is 2.04. The topological polar surface area (TPSA) is 86.9 Å². The Hall–Kier alpha value is -2.14. The number of rotatable bonds is 5. The summed E-state index contributed by atoms with van der Waals surface area (Å²) in [5.74, 6) is -0.404. The number of amides is 1. The minimum absolute atomic E-state index is 0.136. The first-order valence-corrected chi connectivity index (χ1v) is 5.75. The number of nitrogens with zero attached hydrogens (tertiary/aromatic N) is 2. The largest absolute Gasteiger partial charge is 0.370 e. The molecule has 1 heterocycles. The predicted octanol–water partition coefficient (Wildman–Crippen LogP) is 0.807. The first-order valence-electron chi connectivity index (χ1n) is 5.75. The second-order valence-electron chi connectivity index (χ2n) is 4.23. The summed E-state index contributed by atoms with van der Waals surface area (Å²) in [5, 5.41) is 4.22. The Morgan fingerprint density at radius 1 is 1.33 bits per heavy atom. The van der Waals surface area contributed by atoms with Crippen LogP contribution in [-0.2, 0) is 11.3 Å². The van der Waals surface area contributed by atoms with E-state index in [2.05, 4.69) is 5.10 Å². The van der Waals surface area contributed by atoms with Gasteiger partial charge >= 0.3 is 0 Å². The molecule has 1 aromatic carbocycles. The Morgan fingerprint density at radius 3 is 2.72 bits per heavy atom. The fourth-order valence-corrected chi connectivity index (χ4v) is 1.76. The summed E-state index contributed by atoms with van der Waals surface area (Å²) >= 11 is 0. The van der Waals surface area contributed by atoms with Crippen LogP contribution in [0.1, 0.15) is 23.6 Å². The van der Waals surface area contributed by atoms with Crippen LogP contribution in [0, 0.1) is 0 Å². The van der Waals surface area contributed by atoms with Crippen molar-refractivity contribution >= 4 is 5.91 Å². The lowest BCUT2D eigenvalue weighted by Crippen LogP contribution is -2.20. The van der Waals surface area contributed by atoms with Crippen molar-refractivity contribution in [3.8, 4) is 0 Å². The molecule has 5 heteroatoms. The van der Waals surface area contributed by atoms with Crippen LogP contribution in [0.3, 0.4) is 0 Å². The van der Waals surface area contributed by atoms with Gasteiger partial charge in [-0.3, -0.25) is 9.48 Å². The summed E-state index contributed by atoms with van der Waals surface area (Å²) < 4.78 is 1.80. The Morgan fingerprint density at radius 2 is 2.06 bits per heavy atom. The van der Waals surface area contributed by atoms with Crippen molar-refractivity contribution in [1.29, 1.82) is 0 Å². The summed E-state index contributed by atoms with van der Waals surface area (Å²) in [7, 11) is 0. The van der Waals surface area contributed by atoms with Gasteiger partial charge < -0.3 is 11.5 Å². The van der Waals surface area contributed by atoms with Crippen molar-refractivity contribution in [3.63, 3.8) is 0 Å². The molecule has 0 saturated carbocycles. The maximum absolute atomic E-state index is 10.8. The van der Waals surface area contributed by atoms with E-state index in [1.54, 1.807) is 10.9 Å². The molecule has 1 atom stereocenters. The van der Waals surface area contributed by atoms with Gasteiger partial charge in [0.05, 0.1) is 12.7 Å². The van der Waals surface area contributed by atoms with Crippen LogP contribution in [0.5, 0.6) is 0 Å². The number of carbonyl (C=O) groups is 1. The van der Waals surface area contributed by atoms with Crippen LogP contribution in [0.2, 0.25) is 0 Å². The van der Waals surface area contributed by atoms with E-state index in [9.17, 15) is 4.79 Å². The predicted molar refractivity (Wildman–Crippen MR) is 68.5 cm³/mol. The molecule has 2 aromatic rings. The quantitative estimate of drug-likeness (QED) is 0.815. The first-order chi connectivity index (χ1) is 8.65. The van der Waals surface area contributed by atoms with Crippen molar-refractivity contribution in [2.24, 2.45) is 11.5 Å². The lowest BCUT2D eigenvalue weighted by Gasteiger charge is -2.05. The molecule has 0 aliphatic rings. The molecule has 0 saturated heterocycles. The van der Waals surface area contributed by atoms with Crippen molar-refractivity contribution in [2.75, 3.05) is 0 Å². The molecule has 4 N–H and O–H groups in total. The molecule has 0 aliphatic heterocycles. The molecule has 0 bridgehead atoms. The third-order valence-corrected chi connectivity index (χ3v) is 2.69. The van der Waals surface area contributed by atoms with Gasteiger partial charge in [-0.05, 0) is 5.56 Å². The molecule has 0 unspecified atom stereocenters. The zero-order valence-corrected chi connectivity index (χ0v) is 9.99. The van der Waals surface area contributed by atoms with Gasteiger partial charge in [-0.2, -0.15) is 5.10 Å². The van der Waals surface area contributed by atoms with Gasteiger partial charge in [0.15, 0.2) is 0 Å². The van der Waals surface area contributed by atoms with E-state index in [0.29, 0.717) is 6.54 Å². The number of primary amides is 1. The molecular formula is C13H16N4O. The average Bonchev–Trinajstić information content (AvgIpc) is 2.78. The lowest BCUT2D eigenvalue weighted by molar-refractivity contribution is -0.118. The fourth-order valence-electron chi connectivity index (χ4n) is 1.76. The molecule has 1 aromatic heterocycles. The Labute approximate surface area is 105 Å². The van der Waals surface area contributed by atoms with Crippen LogP contribution in [0.15, 0.2) is 42.7 Å². The highest BCUT2D eigenvalue weighted by molar-refractivity contribution is 5.74. The average molecular weight is 244 g/mol. The van der Waals surface area contributed by atoms with Gasteiger partial charge in [-0.1, -0.05) is 30.3 Å². The van der Waals surface area contributed by atoms with Crippen molar-refractivity contribution in [3.05, 3.63) is 53.9 Å². The molecule has 94 valence electrons. The van der Waals surface area contributed by atoms with E-state index in [4.69, 9.17) is 11.5 Å². The van der Waals surface area contributed by atoms with Crippen molar-refractivity contribution in [1.82, 2.24) is 9.78 Å². The molecule has 18 heavy (non-hydrogen) atoms. The number of carbonyl (C=O) groups excluding carboxylic acids is 1. The summed E-state index contributed by atoms with van der Waals surface area (Å²) in [6.45, 7) is 0.685. The summed E-state index contributed by atoms with van der Waals surface area (Å²) in [5.41, 5.74) is 12.9. The second-order valence-corrected chi connectivity index (χ2v) is 4.23. The summed E-state index contributed by atoms with van der Waals surface area (Å²) in [6.07, 6.45) is 3.66. The van der Waals surface area contributed by atoms with Crippen LogP contribution < -0.4 is 11.5 Å². The van der Waals surface area contributed by atoms with Gasteiger partial charge in [0.2, 0.25) is 5.91 Å². The number of aromatic nitrogens is 2. The van der Waals surface area contributed by atoms with Crippen LogP contribution >= 0.6 is 0 Å². The number of hydrogen-bond acceptors (Lipinski definition) is 3. The number of nitrogens with two attached hydrogens (primary N) is 2. The minimum atomic E-state index is -0.404. The highest BCUT2D eigenvalue weighted by atomic mass is 16.1. The number of benzene rings is 1. The normalized spacial score (nSPS) is 12.3. The standard InChI is InChI=1S/C13H16N4O/c14-12(6-13(15)18)11-7-16-17(9-11)8-10-4-2-1-3-5-10/h1-5,7,9,12H,6,8,14H2,(H2,15,18)/t12-/m0/s1. The fraction of sp³-hybridized carbons (Fsp3) is 0.231. The Kier molecular flexibility index (Phi) is 3.74. The van der Waals surface area contributed by atoms with E-state index in [1.807, 2.05) is 36.5 Å². The van der Waals surface area contributed by atoms with E-state index in [-0.39, 0.29) is 12.5 Å². The van der Waals surface area contributed by atoms with E-state index >= 15 is 0 Å². The monoisotopic (exact) mass is 244 g/mol. The molecule has 0 fully saturated rings.